The van der Waals surface area contributed by atoms with Crippen molar-refractivity contribution < 1.29 is 0 Å². The molecule has 76 valence electrons. The third-order valence-electron chi connectivity index (χ3n) is 2.29. The van der Waals surface area contributed by atoms with E-state index in [0.717, 1.165) is 24.7 Å². The minimum atomic E-state index is 0.644. The predicted octanol–water partition coefficient (Wildman–Crippen LogP) is 2.59. The normalized spacial score (nSPS) is 17.9. The third kappa shape index (κ3) is 4.03. The number of amidine groups is 1. The van der Waals surface area contributed by atoms with Crippen molar-refractivity contribution in [2.45, 2.75) is 38.4 Å². The fourth-order valence-electron chi connectivity index (χ4n) is 1.50. The molecule has 3 heteroatoms. The van der Waals surface area contributed by atoms with Gasteiger partial charge in [-0.1, -0.05) is 13.8 Å². The first-order chi connectivity index (χ1) is 6.20. The zero-order chi connectivity index (χ0) is 9.68. The number of hydrogen-bond donors (Lipinski definition) is 1. The zero-order valence-corrected chi connectivity index (χ0v) is 9.49. The SMILES string of the molecule is CC(C)SCC(=N)N1CCCCC1. The Bertz CT molecular complexity index is 162. The van der Waals surface area contributed by atoms with Crippen molar-refractivity contribution in [2.75, 3.05) is 18.8 Å². The summed E-state index contributed by atoms with van der Waals surface area (Å²) in [7, 11) is 0. The van der Waals surface area contributed by atoms with Gasteiger partial charge < -0.3 is 4.90 Å². The van der Waals surface area contributed by atoms with E-state index in [2.05, 4.69) is 18.7 Å². The molecule has 1 aliphatic heterocycles. The average Bonchev–Trinajstić information content (AvgIpc) is 2.15. The molecule has 0 unspecified atom stereocenters. The molecule has 0 amide bonds. The molecule has 1 saturated heterocycles. The van der Waals surface area contributed by atoms with Crippen LogP contribution in [0.4, 0.5) is 0 Å². The van der Waals surface area contributed by atoms with E-state index in [4.69, 9.17) is 5.41 Å². The highest BCUT2D eigenvalue weighted by Crippen LogP contribution is 2.13. The average molecular weight is 200 g/mol. The van der Waals surface area contributed by atoms with Crippen LogP contribution in [0.3, 0.4) is 0 Å². The molecule has 0 spiro atoms. The van der Waals surface area contributed by atoms with Gasteiger partial charge in [0.15, 0.2) is 0 Å². The van der Waals surface area contributed by atoms with Crippen molar-refractivity contribution in [1.82, 2.24) is 4.90 Å². The van der Waals surface area contributed by atoms with Crippen molar-refractivity contribution in [3.05, 3.63) is 0 Å². The van der Waals surface area contributed by atoms with Gasteiger partial charge in [0.2, 0.25) is 0 Å². The van der Waals surface area contributed by atoms with Crippen LogP contribution >= 0.6 is 11.8 Å². The van der Waals surface area contributed by atoms with Crippen LogP contribution in [0.25, 0.3) is 0 Å². The van der Waals surface area contributed by atoms with E-state index in [9.17, 15) is 0 Å². The maximum Gasteiger partial charge on any atom is 0.106 e. The highest BCUT2D eigenvalue weighted by molar-refractivity contribution is 8.00. The van der Waals surface area contributed by atoms with Crippen molar-refractivity contribution in [2.24, 2.45) is 0 Å². The zero-order valence-electron chi connectivity index (χ0n) is 8.68. The summed E-state index contributed by atoms with van der Waals surface area (Å²) in [6.07, 6.45) is 3.89. The highest BCUT2D eigenvalue weighted by Gasteiger charge is 2.13. The molecule has 0 atom stereocenters. The monoisotopic (exact) mass is 200 g/mol. The molecule has 0 radical (unpaired) electrons. The topological polar surface area (TPSA) is 27.1 Å². The molecule has 1 rings (SSSR count). The van der Waals surface area contributed by atoms with Crippen molar-refractivity contribution in [3.63, 3.8) is 0 Å². The number of nitrogens with zero attached hydrogens (tertiary/aromatic N) is 1. The van der Waals surface area contributed by atoms with Gasteiger partial charge in [0.1, 0.15) is 5.84 Å². The van der Waals surface area contributed by atoms with Gasteiger partial charge in [0, 0.05) is 13.1 Å². The Balaban J connectivity index is 2.21. The Morgan fingerprint density at radius 2 is 1.92 bits per heavy atom. The smallest absolute Gasteiger partial charge is 0.106 e. The Morgan fingerprint density at radius 1 is 1.31 bits per heavy atom. The van der Waals surface area contributed by atoms with Crippen LogP contribution in [0.15, 0.2) is 0 Å². The van der Waals surface area contributed by atoms with Crippen LogP contribution in [-0.4, -0.2) is 34.8 Å². The van der Waals surface area contributed by atoms with E-state index < -0.39 is 0 Å². The van der Waals surface area contributed by atoms with Crippen molar-refractivity contribution in [1.29, 1.82) is 5.41 Å². The quantitative estimate of drug-likeness (QED) is 0.560. The largest absolute Gasteiger partial charge is 0.360 e. The first-order valence-electron chi connectivity index (χ1n) is 5.14. The molecule has 1 heterocycles. The number of piperidine rings is 1. The van der Waals surface area contributed by atoms with Gasteiger partial charge in [-0.25, -0.2) is 0 Å². The van der Waals surface area contributed by atoms with Gasteiger partial charge in [-0.3, -0.25) is 5.41 Å². The Labute approximate surface area is 85.6 Å². The van der Waals surface area contributed by atoms with Crippen molar-refractivity contribution >= 4 is 17.6 Å². The van der Waals surface area contributed by atoms with Crippen LogP contribution in [-0.2, 0) is 0 Å². The second-order valence-electron chi connectivity index (χ2n) is 3.85. The second kappa shape index (κ2) is 5.53. The first-order valence-corrected chi connectivity index (χ1v) is 6.19. The molecule has 0 saturated carbocycles. The molecule has 1 aliphatic rings. The second-order valence-corrected chi connectivity index (χ2v) is 5.42. The maximum absolute atomic E-state index is 7.88. The summed E-state index contributed by atoms with van der Waals surface area (Å²) >= 11 is 1.87. The molecule has 1 N–H and O–H groups in total. The Kier molecular flexibility index (Phi) is 4.64. The fraction of sp³-hybridized carbons (Fsp3) is 0.900. The van der Waals surface area contributed by atoms with Crippen LogP contribution in [0.1, 0.15) is 33.1 Å². The summed E-state index contributed by atoms with van der Waals surface area (Å²) in [4.78, 5) is 2.24. The van der Waals surface area contributed by atoms with E-state index in [1.165, 1.54) is 19.3 Å². The van der Waals surface area contributed by atoms with Gasteiger partial charge in [-0.05, 0) is 24.5 Å². The summed E-state index contributed by atoms with van der Waals surface area (Å²) in [6, 6.07) is 0. The Hall–Kier alpha value is -0.180. The molecule has 0 aromatic carbocycles. The van der Waals surface area contributed by atoms with E-state index >= 15 is 0 Å². The molecule has 1 fully saturated rings. The van der Waals surface area contributed by atoms with Crippen LogP contribution in [0, 0.1) is 5.41 Å². The van der Waals surface area contributed by atoms with Crippen LogP contribution in [0.5, 0.6) is 0 Å². The molecule has 0 aromatic heterocycles. The molecule has 2 nitrogen and oxygen atoms in total. The summed E-state index contributed by atoms with van der Waals surface area (Å²) in [5.74, 6) is 1.72. The standard InChI is InChI=1S/C10H20N2S/c1-9(2)13-8-10(11)12-6-4-3-5-7-12/h9,11H,3-8H2,1-2H3. The maximum atomic E-state index is 7.88. The summed E-state index contributed by atoms with van der Waals surface area (Å²) in [5.41, 5.74) is 0. The molecule has 13 heavy (non-hydrogen) atoms. The summed E-state index contributed by atoms with van der Waals surface area (Å²) in [6.45, 7) is 6.59. The summed E-state index contributed by atoms with van der Waals surface area (Å²) in [5, 5.41) is 8.53. The minimum absolute atomic E-state index is 0.644. The number of likely N-dealkylation sites (tertiary alicyclic amines) is 1. The molecule has 0 aromatic rings. The van der Waals surface area contributed by atoms with Crippen LogP contribution in [0.2, 0.25) is 0 Å². The lowest BCUT2D eigenvalue weighted by molar-refractivity contribution is 0.339. The Morgan fingerprint density at radius 3 is 2.46 bits per heavy atom. The molecule has 0 aliphatic carbocycles. The van der Waals surface area contributed by atoms with Gasteiger partial charge in [0.25, 0.3) is 0 Å². The summed E-state index contributed by atoms with van der Waals surface area (Å²) < 4.78 is 0. The van der Waals surface area contributed by atoms with Crippen LogP contribution < -0.4 is 0 Å². The van der Waals surface area contributed by atoms with Gasteiger partial charge in [0.05, 0.1) is 5.75 Å². The molecular weight excluding hydrogens is 180 g/mol. The van der Waals surface area contributed by atoms with E-state index in [0.29, 0.717) is 5.25 Å². The van der Waals surface area contributed by atoms with Gasteiger partial charge >= 0.3 is 0 Å². The number of rotatable bonds is 3. The number of hydrogen-bond acceptors (Lipinski definition) is 2. The highest BCUT2D eigenvalue weighted by atomic mass is 32.2. The van der Waals surface area contributed by atoms with Crippen molar-refractivity contribution in [3.8, 4) is 0 Å². The molecule has 0 bridgehead atoms. The fourth-order valence-corrected chi connectivity index (χ4v) is 2.17. The lowest BCUT2D eigenvalue weighted by Gasteiger charge is -2.29. The van der Waals surface area contributed by atoms with E-state index in [1.54, 1.807) is 0 Å². The minimum Gasteiger partial charge on any atom is -0.360 e. The predicted molar refractivity (Wildman–Crippen MR) is 60.7 cm³/mol. The third-order valence-corrected chi connectivity index (χ3v) is 3.40. The lowest BCUT2D eigenvalue weighted by atomic mass is 10.1. The van der Waals surface area contributed by atoms with Gasteiger partial charge in [-0.2, -0.15) is 11.8 Å². The lowest BCUT2D eigenvalue weighted by Crippen LogP contribution is -2.36. The first kappa shape index (κ1) is 10.9. The number of nitrogens with one attached hydrogen (secondary N) is 1. The van der Waals surface area contributed by atoms with Gasteiger partial charge in [-0.15, -0.1) is 0 Å². The van der Waals surface area contributed by atoms with E-state index in [-0.39, 0.29) is 0 Å². The molecular formula is C10H20N2S. The number of thioether (sulfide) groups is 1. The van der Waals surface area contributed by atoms with E-state index in [1.807, 2.05) is 11.8 Å².